The Hall–Kier alpha value is -1.49. The molecule has 0 unspecified atom stereocenters. The van der Waals surface area contributed by atoms with Gasteiger partial charge in [-0.05, 0) is 30.5 Å². The van der Waals surface area contributed by atoms with Crippen LogP contribution in [0.1, 0.15) is 37.7 Å². The van der Waals surface area contributed by atoms with Crippen LogP contribution in [0.15, 0.2) is 39.4 Å². The molecule has 1 aliphatic rings. The molecule has 1 aromatic carbocycles. The molecule has 2 rings (SSSR count). The highest BCUT2D eigenvalue weighted by molar-refractivity contribution is 8.00. The standard InChI is InChI=1S/C14H20N4S/c15-14(16)18-17-10-11-6-8-13(9-7-11)19-12-4-2-1-3-5-12/h6-10,12H,1-5H2,(H4,15,16,18). The molecule has 0 spiro atoms. The van der Waals surface area contributed by atoms with Crippen molar-refractivity contribution >= 4 is 23.9 Å². The van der Waals surface area contributed by atoms with E-state index in [0.29, 0.717) is 0 Å². The van der Waals surface area contributed by atoms with Gasteiger partial charge in [0.2, 0.25) is 5.96 Å². The zero-order valence-corrected chi connectivity index (χ0v) is 11.8. The topological polar surface area (TPSA) is 76.8 Å². The molecular weight excluding hydrogens is 256 g/mol. The maximum absolute atomic E-state index is 5.20. The van der Waals surface area contributed by atoms with Gasteiger partial charge in [-0.25, -0.2) is 0 Å². The monoisotopic (exact) mass is 276 g/mol. The van der Waals surface area contributed by atoms with Crippen molar-refractivity contribution in [3.8, 4) is 0 Å². The first-order chi connectivity index (χ1) is 9.24. The summed E-state index contributed by atoms with van der Waals surface area (Å²) in [6.07, 6.45) is 8.49. The van der Waals surface area contributed by atoms with Crippen molar-refractivity contribution in [3.05, 3.63) is 29.8 Å². The predicted molar refractivity (Wildman–Crippen MR) is 82.6 cm³/mol. The number of thioether (sulfide) groups is 1. The van der Waals surface area contributed by atoms with Gasteiger partial charge in [0.05, 0.1) is 6.21 Å². The molecule has 0 bridgehead atoms. The van der Waals surface area contributed by atoms with Crippen molar-refractivity contribution in [2.75, 3.05) is 0 Å². The van der Waals surface area contributed by atoms with Crippen molar-refractivity contribution in [2.24, 2.45) is 21.7 Å². The normalized spacial score (nSPS) is 16.6. The molecule has 0 aromatic heterocycles. The van der Waals surface area contributed by atoms with Crippen LogP contribution in [0.25, 0.3) is 0 Å². The lowest BCUT2D eigenvalue weighted by Crippen LogP contribution is -2.21. The number of benzene rings is 1. The molecule has 4 N–H and O–H groups in total. The molecule has 0 radical (unpaired) electrons. The molecule has 102 valence electrons. The first-order valence-corrected chi connectivity index (χ1v) is 7.51. The van der Waals surface area contributed by atoms with E-state index < -0.39 is 0 Å². The number of hydrogen-bond donors (Lipinski definition) is 2. The van der Waals surface area contributed by atoms with Crippen LogP contribution < -0.4 is 11.5 Å². The van der Waals surface area contributed by atoms with Gasteiger partial charge in [0, 0.05) is 10.1 Å². The highest BCUT2D eigenvalue weighted by atomic mass is 32.2. The Morgan fingerprint density at radius 2 is 1.79 bits per heavy atom. The summed E-state index contributed by atoms with van der Waals surface area (Å²) in [5, 5.41) is 8.15. The van der Waals surface area contributed by atoms with Crippen molar-refractivity contribution in [1.82, 2.24) is 0 Å². The number of nitrogens with two attached hydrogens (primary N) is 2. The first-order valence-electron chi connectivity index (χ1n) is 6.63. The minimum atomic E-state index is -0.0271. The number of hydrogen-bond acceptors (Lipinski definition) is 3. The molecule has 1 aromatic rings. The fourth-order valence-corrected chi connectivity index (χ4v) is 3.42. The Bertz CT molecular complexity index is 443. The van der Waals surface area contributed by atoms with E-state index in [1.165, 1.54) is 37.0 Å². The van der Waals surface area contributed by atoms with Gasteiger partial charge in [-0.1, -0.05) is 31.4 Å². The van der Waals surface area contributed by atoms with Crippen LogP contribution in [-0.2, 0) is 0 Å². The van der Waals surface area contributed by atoms with Crippen molar-refractivity contribution < 1.29 is 0 Å². The van der Waals surface area contributed by atoms with E-state index in [2.05, 4.69) is 22.3 Å². The summed E-state index contributed by atoms with van der Waals surface area (Å²) in [6, 6.07) is 8.35. The fraction of sp³-hybridized carbons (Fsp3) is 0.429. The Labute approximate surface area is 118 Å². The van der Waals surface area contributed by atoms with Gasteiger partial charge in [0.15, 0.2) is 0 Å². The van der Waals surface area contributed by atoms with Gasteiger partial charge in [0.25, 0.3) is 0 Å². The summed E-state index contributed by atoms with van der Waals surface area (Å²) >= 11 is 1.99. The zero-order valence-electron chi connectivity index (χ0n) is 11.0. The van der Waals surface area contributed by atoms with Gasteiger partial charge in [-0.3, -0.25) is 0 Å². The van der Waals surface area contributed by atoms with Crippen molar-refractivity contribution in [3.63, 3.8) is 0 Å². The van der Waals surface area contributed by atoms with Gasteiger partial charge in [0.1, 0.15) is 0 Å². The summed E-state index contributed by atoms with van der Waals surface area (Å²) in [4.78, 5) is 1.32. The van der Waals surface area contributed by atoms with Crippen LogP contribution in [-0.4, -0.2) is 17.4 Å². The smallest absolute Gasteiger partial charge is 0.211 e. The SMILES string of the molecule is NC(N)=NN=Cc1ccc(SC2CCCCC2)cc1. The van der Waals surface area contributed by atoms with Crippen LogP contribution in [0.3, 0.4) is 0 Å². The van der Waals surface area contributed by atoms with Crippen molar-refractivity contribution in [2.45, 2.75) is 42.2 Å². The number of guanidine groups is 1. The minimum absolute atomic E-state index is 0.0271. The largest absolute Gasteiger partial charge is 0.369 e. The van der Waals surface area contributed by atoms with Gasteiger partial charge in [-0.15, -0.1) is 16.9 Å². The second-order valence-corrected chi connectivity index (χ2v) is 6.09. The Morgan fingerprint density at radius 1 is 1.11 bits per heavy atom. The molecule has 0 atom stereocenters. The summed E-state index contributed by atoms with van der Waals surface area (Å²) in [7, 11) is 0. The number of rotatable bonds is 4. The Morgan fingerprint density at radius 3 is 2.42 bits per heavy atom. The molecule has 5 heteroatoms. The summed E-state index contributed by atoms with van der Waals surface area (Å²) in [5.41, 5.74) is 11.4. The average Bonchev–Trinajstić information content (AvgIpc) is 2.42. The van der Waals surface area contributed by atoms with E-state index in [-0.39, 0.29) is 5.96 Å². The lowest BCUT2D eigenvalue weighted by atomic mass is 10.0. The molecule has 1 saturated carbocycles. The molecule has 0 amide bonds. The Kier molecular flexibility index (Phi) is 5.27. The van der Waals surface area contributed by atoms with E-state index in [4.69, 9.17) is 11.5 Å². The Balaban J connectivity index is 1.90. The molecule has 0 aliphatic heterocycles. The zero-order chi connectivity index (χ0) is 13.5. The molecule has 4 nitrogen and oxygen atoms in total. The van der Waals surface area contributed by atoms with Crippen LogP contribution in [0.4, 0.5) is 0 Å². The molecule has 19 heavy (non-hydrogen) atoms. The van der Waals surface area contributed by atoms with E-state index in [1.807, 2.05) is 23.9 Å². The molecule has 1 fully saturated rings. The highest BCUT2D eigenvalue weighted by Crippen LogP contribution is 2.33. The molecule has 0 saturated heterocycles. The third-order valence-electron chi connectivity index (χ3n) is 3.12. The summed E-state index contributed by atoms with van der Waals surface area (Å²) in [5.74, 6) is -0.0271. The van der Waals surface area contributed by atoms with Gasteiger partial charge < -0.3 is 11.5 Å². The van der Waals surface area contributed by atoms with Crippen molar-refractivity contribution in [1.29, 1.82) is 0 Å². The van der Waals surface area contributed by atoms with Crippen LogP contribution in [0.2, 0.25) is 0 Å². The average molecular weight is 276 g/mol. The van der Waals surface area contributed by atoms with Gasteiger partial charge in [-0.2, -0.15) is 5.10 Å². The fourth-order valence-electron chi connectivity index (χ4n) is 2.17. The summed E-state index contributed by atoms with van der Waals surface area (Å²) < 4.78 is 0. The second-order valence-electron chi connectivity index (χ2n) is 4.72. The minimum Gasteiger partial charge on any atom is -0.369 e. The first kappa shape index (κ1) is 13.9. The van der Waals surface area contributed by atoms with Gasteiger partial charge >= 0.3 is 0 Å². The third-order valence-corrected chi connectivity index (χ3v) is 4.46. The lowest BCUT2D eigenvalue weighted by molar-refractivity contribution is 0.516. The third kappa shape index (κ3) is 4.95. The molecule has 1 aliphatic carbocycles. The molecule has 0 heterocycles. The second kappa shape index (κ2) is 7.19. The van der Waals surface area contributed by atoms with E-state index in [9.17, 15) is 0 Å². The maximum atomic E-state index is 5.20. The van der Waals surface area contributed by atoms with E-state index in [0.717, 1.165) is 10.8 Å². The highest BCUT2D eigenvalue weighted by Gasteiger charge is 2.14. The lowest BCUT2D eigenvalue weighted by Gasteiger charge is -2.20. The van der Waals surface area contributed by atoms with E-state index in [1.54, 1.807) is 6.21 Å². The van der Waals surface area contributed by atoms with E-state index >= 15 is 0 Å². The van der Waals surface area contributed by atoms with Crippen LogP contribution >= 0.6 is 11.8 Å². The quantitative estimate of drug-likeness (QED) is 0.504. The van der Waals surface area contributed by atoms with Crippen LogP contribution in [0.5, 0.6) is 0 Å². The molecular formula is C14H20N4S. The number of nitrogens with zero attached hydrogens (tertiary/aromatic N) is 2. The predicted octanol–water partition coefficient (Wildman–Crippen LogP) is 2.72. The summed E-state index contributed by atoms with van der Waals surface area (Å²) in [6.45, 7) is 0. The maximum Gasteiger partial charge on any atom is 0.211 e. The van der Waals surface area contributed by atoms with Crippen LogP contribution in [0, 0.1) is 0 Å².